The molecule has 0 aliphatic carbocycles. The second-order valence-corrected chi connectivity index (χ2v) is 3.82. The molecule has 0 N–H and O–H groups in total. The minimum atomic E-state index is 0.820. The van der Waals surface area contributed by atoms with E-state index in [0.717, 1.165) is 25.6 Å². The third kappa shape index (κ3) is 3.55. The fourth-order valence-corrected chi connectivity index (χ4v) is 1.60. The zero-order valence-corrected chi connectivity index (χ0v) is 8.38. The van der Waals surface area contributed by atoms with Gasteiger partial charge in [-0.15, -0.1) is 0 Å². The molecule has 72 valence electrons. The topological polar surface area (TPSA) is 12.5 Å². The van der Waals surface area contributed by atoms with E-state index in [1.807, 2.05) is 0 Å². The zero-order valence-electron chi connectivity index (χ0n) is 8.38. The third-order valence-electron chi connectivity index (χ3n) is 2.39. The fourth-order valence-electron chi connectivity index (χ4n) is 1.60. The van der Waals surface area contributed by atoms with Gasteiger partial charge in [0.1, 0.15) is 0 Å². The first-order chi connectivity index (χ1) is 5.83. The van der Waals surface area contributed by atoms with Gasteiger partial charge >= 0.3 is 0 Å². The van der Waals surface area contributed by atoms with Crippen molar-refractivity contribution in [3.05, 3.63) is 0 Å². The molecule has 1 fully saturated rings. The SMILES string of the molecule is CCCCON1CCCC(C)C1. The van der Waals surface area contributed by atoms with Crippen molar-refractivity contribution in [2.24, 2.45) is 5.92 Å². The van der Waals surface area contributed by atoms with Gasteiger partial charge in [-0.25, -0.2) is 0 Å². The Bertz CT molecular complexity index is 116. The molecule has 0 aromatic rings. The Morgan fingerprint density at radius 3 is 3.00 bits per heavy atom. The summed E-state index contributed by atoms with van der Waals surface area (Å²) in [5.41, 5.74) is 0. The molecular formula is C10H21NO. The van der Waals surface area contributed by atoms with Crippen molar-refractivity contribution in [2.75, 3.05) is 19.7 Å². The minimum absolute atomic E-state index is 0.820. The van der Waals surface area contributed by atoms with Crippen LogP contribution in [0.25, 0.3) is 0 Å². The molecule has 0 radical (unpaired) electrons. The van der Waals surface area contributed by atoms with Crippen LogP contribution in [-0.2, 0) is 4.84 Å². The van der Waals surface area contributed by atoms with Crippen LogP contribution in [0.15, 0.2) is 0 Å². The van der Waals surface area contributed by atoms with Crippen molar-refractivity contribution in [3.63, 3.8) is 0 Å². The lowest BCUT2D eigenvalue weighted by molar-refractivity contribution is -0.177. The lowest BCUT2D eigenvalue weighted by Crippen LogP contribution is -2.34. The highest BCUT2D eigenvalue weighted by molar-refractivity contribution is 4.63. The molecule has 1 unspecified atom stereocenters. The van der Waals surface area contributed by atoms with Crippen molar-refractivity contribution < 1.29 is 4.84 Å². The van der Waals surface area contributed by atoms with E-state index in [1.54, 1.807) is 0 Å². The Kier molecular flexibility index (Phi) is 4.62. The predicted molar refractivity (Wildman–Crippen MR) is 50.8 cm³/mol. The van der Waals surface area contributed by atoms with Gasteiger partial charge in [0.2, 0.25) is 0 Å². The summed E-state index contributed by atoms with van der Waals surface area (Å²) >= 11 is 0. The predicted octanol–water partition coefficient (Wildman–Crippen LogP) is 2.45. The number of piperidine rings is 1. The van der Waals surface area contributed by atoms with Crippen LogP contribution in [0, 0.1) is 5.92 Å². The molecule has 1 rings (SSSR count). The van der Waals surface area contributed by atoms with E-state index in [9.17, 15) is 0 Å². The molecule has 0 aromatic carbocycles. The van der Waals surface area contributed by atoms with E-state index in [4.69, 9.17) is 4.84 Å². The molecule has 0 saturated carbocycles. The molecule has 0 spiro atoms. The Hall–Kier alpha value is -0.0800. The van der Waals surface area contributed by atoms with Crippen LogP contribution in [0.5, 0.6) is 0 Å². The normalized spacial score (nSPS) is 26.0. The average Bonchev–Trinajstić information content (AvgIpc) is 2.05. The van der Waals surface area contributed by atoms with E-state index < -0.39 is 0 Å². The van der Waals surface area contributed by atoms with Crippen molar-refractivity contribution in [3.8, 4) is 0 Å². The number of unbranched alkanes of at least 4 members (excludes halogenated alkanes) is 1. The summed E-state index contributed by atoms with van der Waals surface area (Å²) < 4.78 is 0. The first kappa shape index (κ1) is 10.0. The largest absolute Gasteiger partial charge is 0.299 e. The lowest BCUT2D eigenvalue weighted by atomic mass is 10.0. The van der Waals surface area contributed by atoms with Gasteiger partial charge in [0.05, 0.1) is 6.61 Å². The second kappa shape index (κ2) is 5.55. The summed E-state index contributed by atoms with van der Waals surface area (Å²) in [4.78, 5) is 5.63. The molecule has 0 amide bonds. The molecule has 0 bridgehead atoms. The number of hydrogen-bond acceptors (Lipinski definition) is 2. The Labute approximate surface area is 75.8 Å². The van der Waals surface area contributed by atoms with Crippen molar-refractivity contribution in [2.45, 2.75) is 39.5 Å². The van der Waals surface area contributed by atoms with Gasteiger partial charge in [0, 0.05) is 13.1 Å². The smallest absolute Gasteiger partial charge is 0.0685 e. The summed E-state index contributed by atoms with van der Waals surface area (Å²) in [6.45, 7) is 7.67. The minimum Gasteiger partial charge on any atom is -0.299 e. The number of hydroxylamine groups is 2. The van der Waals surface area contributed by atoms with E-state index in [-0.39, 0.29) is 0 Å². The van der Waals surface area contributed by atoms with Gasteiger partial charge in [0.15, 0.2) is 0 Å². The van der Waals surface area contributed by atoms with Crippen LogP contribution in [0.2, 0.25) is 0 Å². The molecule has 1 aliphatic rings. The molecular weight excluding hydrogens is 150 g/mol. The molecule has 0 aromatic heterocycles. The lowest BCUT2D eigenvalue weighted by Gasteiger charge is -2.29. The van der Waals surface area contributed by atoms with Crippen LogP contribution in [0.1, 0.15) is 39.5 Å². The second-order valence-electron chi connectivity index (χ2n) is 3.82. The summed E-state index contributed by atoms with van der Waals surface area (Å²) in [6, 6.07) is 0. The highest BCUT2D eigenvalue weighted by Crippen LogP contribution is 2.15. The highest BCUT2D eigenvalue weighted by atomic mass is 16.7. The van der Waals surface area contributed by atoms with Crippen LogP contribution in [0.3, 0.4) is 0 Å². The van der Waals surface area contributed by atoms with E-state index in [2.05, 4.69) is 18.9 Å². The molecule has 1 aliphatic heterocycles. The maximum absolute atomic E-state index is 5.63. The van der Waals surface area contributed by atoms with Gasteiger partial charge < -0.3 is 0 Å². The Balaban J connectivity index is 2.06. The molecule has 1 atom stereocenters. The first-order valence-corrected chi connectivity index (χ1v) is 5.20. The molecule has 1 saturated heterocycles. The number of nitrogens with zero attached hydrogens (tertiary/aromatic N) is 1. The fraction of sp³-hybridized carbons (Fsp3) is 1.00. The van der Waals surface area contributed by atoms with Crippen LogP contribution in [-0.4, -0.2) is 24.8 Å². The van der Waals surface area contributed by atoms with Crippen molar-refractivity contribution >= 4 is 0 Å². The summed E-state index contributed by atoms with van der Waals surface area (Å²) in [7, 11) is 0. The van der Waals surface area contributed by atoms with Gasteiger partial charge in [-0.3, -0.25) is 4.84 Å². The van der Waals surface area contributed by atoms with E-state index >= 15 is 0 Å². The van der Waals surface area contributed by atoms with Gasteiger partial charge in [-0.05, 0) is 25.2 Å². The molecule has 12 heavy (non-hydrogen) atoms. The third-order valence-corrected chi connectivity index (χ3v) is 2.39. The van der Waals surface area contributed by atoms with Gasteiger partial charge in [-0.1, -0.05) is 20.3 Å². The average molecular weight is 171 g/mol. The number of rotatable bonds is 4. The molecule has 2 nitrogen and oxygen atoms in total. The van der Waals surface area contributed by atoms with Crippen molar-refractivity contribution in [1.82, 2.24) is 5.06 Å². The van der Waals surface area contributed by atoms with Crippen LogP contribution < -0.4 is 0 Å². The summed E-state index contributed by atoms with van der Waals surface area (Å²) in [6.07, 6.45) is 5.08. The van der Waals surface area contributed by atoms with Gasteiger partial charge in [0.25, 0.3) is 0 Å². The first-order valence-electron chi connectivity index (χ1n) is 5.20. The maximum Gasteiger partial charge on any atom is 0.0685 e. The van der Waals surface area contributed by atoms with E-state index in [0.29, 0.717) is 0 Å². The Morgan fingerprint density at radius 1 is 1.50 bits per heavy atom. The zero-order chi connectivity index (χ0) is 8.81. The summed E-state index contributed by atoms with van der Waals surface area (Å²) in [5, 5.41) is 2.14. The maximum atomic E-state index is 5.63. The molecule has 1 heterocycles. The molecule has 2 heteroatoms. The number of hydrogen-bond donors (Lipinski definition) is 0. The summed E-state index contributed by atoms with van der Waals surface area (Å²) in [5.74, 6) is 0.820. The standard InChI is InChI=1S/C10H21NO/c1-3-4-8-12-11-7-5-6-10(2)9-11/h10H,3-9H2,1-2H3. The van der Waals surface area contributed by atoms with Crippen LogP contribution in [0.4, 0.5) is 0 Å². The van der Waals surface area contributed by atoms with Crippen molar-refractivity contribution in [1.29, 1.82) is 0 Å². The van der Waals surface area contributed by atoms with E-state index in [1.165, 1.54) is 25.7 Å². The van der Waals surface area contributed by atoms with Gasteiger partial charge in [-0.2, -0.15) is 5.06 Å². The highest BCUT2D eigenvalue weighted by Gasteiger charge is 2.15. The quantitative estimate of drug-likeness (QED) is 0.602. The monoisotopic (exact) mass is 171 g/mol. The Morgan fingerprint density at radius 2 is 2.33 bits per heavy atom. The van der Waals surface area contributed by atoms with Crippen LogP contribution >= 0.6 is 0 Å².